The molecule has 0 aromatic carbocycles. The molecule has 0 amide bonds. The Morgan fingerprint density at radius 2 is 2.36 bits per heavy atom. The van der Waals surface area contributed by atoms with Gasteiger partial charge in [0.05, 0.1) is 25.6 Å². The van der Waals surface area contributed by atoms with Crippen LogP contribution in [0.5, 0.6) is 5.88 Å². The number of carboxylic acid groups (broad SMARTS) is 1. The Bertz CT molecular complexity index is 726. The number of methoxy groups -OCH3 is 1. The number of aromatic nitrogens is 3. The second kappa shape index (κ2) is 5.64. The maximum absolute atomic E-state index is 11.4. The monoisotopic (exact) mass is 304 g/mol. The zero-order valence-electron chi connectivity index (χ0n) is 12.3. The molecule has 1 aliphatic rings. The van der Waals surface area contributed by atoms with Crippen LogP contribution in [0.2, 0.25) is 0 Å². The van der Waals surface area contributed by atoms with Crippen LogP contribution in [0.15, 0.2) is 12.3 Å². The van der Waals surface area contributed by atoms with Crippen molar-refractivity contribution in [3.8, 4) is 11.6 Å². The number of hydrogen-bond donors (Lipinski definition) is 2. The summed E-state index contributed by atoms with van der Waals surface area (Å²) in [7, 11) is 1.55. The topological polar surface area (TPSA) is 98.5 Å². The molecule has 0 saturated heterocycles. The van der Waals surface area contributed by atoms with E-state index in [1.807, 2.05) is 13.0 Å². The lowest BCUT2D eigenvalue weighted by Gasteiger charge is -2.10. The first-order chi connectivity index (χ1) is 10.6. The zero-order valence-corrected chi connectivity index (χ0v) is 12.3. The zero-order chi connectivity index (χ0) is 15.7. The molecule has 2 N–H and O–H groups in total. The Kier molecular flexibility index (Phi) is 3.68. The molecule has 1 aliphatic heterocycles. The molecule has 8 heteroatoms. The summed E-state index contributed by atoms with van der Waals surface area (Å²) in [6.45, 7) is 2.62. The number of carbonyl (C=O) groups is 1. The van der Waals surface area contributed by atoms with Crippen molar-refractivity contribution in [2.45, 2.75) is 13.3 Å². The van der Waals surface area contributed by atoms with Gasteiger partial charge in [-0.25, -0.2) is 14.5 Å². The van der Waals surface area contributed by atoms with Crippen molar-refractivity contribution in [1.29, 1.82) is 0 Å². The highest BCUT2D eigenvalue weighted by atomic mass is 16.5. The van der Waals surface area contributed by atoms with E-state index in [1.54, 1.807) is 18.0 Å². The van der Waals surface area contributed by atoms with Gasteiger partial charge in [-0.1, -0.05) is 0 Å². The maximum atomic E-state index is 11.4. The van der Waals surface area contributed by atoms with Crippen molar-refractivity contribution >= 4 is 11.8 Å². The molecule has 2 aromatic rings. The van der Waals surface area contributed by atoms with Crippen LogP contribution >= 0.6 is 0 Å². The fourth-order valence-electron chi connectivity index (χ4n) is 2.47. The number of pyridine rings is 1. The number of aromatic carboxylic acids is 1. The standard InChI is InChI=1S/C14H16N4O4/c1-8-5-9(6-15-13(8)21-2)18-12-10(3-4-22-7-16-12)11(17-18)14(19)20/h5-6,16H,3-4,7H2,1-2H3,(H,19,20). The van der Waals surface area contributed by atoms with Crippen LogP contribution in [-0.4, -0.2) is 46.3 Å². The van der Waals surface area contributed by atoms with E-state index in [9.17, 15) is 9.90 Å². The molecule has 0 aliphatic carbocycles. The molecule has 0 saturated carbocycles. The highest BCUT2D eigenvalue weighted by Crippen LogP contribution is 2.27. The third-order valence-corrected chi connectivity index (χ3v) is 3.48. The van der Waals surface area contributed by atoms with E-state index >= 15 is 0 Å². The summed E-state index contributed by atoms with van der Waals surface area (Å²) in [5.41, 5.74) is 2.17. The number of rotatable bonds is 3. The van der Waals surface area contributed by atoms with Crippen molar-refractivity contribution in [3.63, 3.8) is 0 Å². The van der Waals surface area contributed by atoms with Crippen molar-refractivity contribution in [3.05, 3.63) is 29.1 Å². The maximum Gasteiger partial charge on any atom is 0.356 e. The lowest BCUT2D eigenvalue weighted by molar-refractivity contribution is 0.0688. The predicted molar refractivity (Wildman–Crippen MR) is 77.8 cm³/mol. The number of nitrogens with zero attached hydrogens (tertiary/aromatic N) is 3. The molecule has 0 radical (unpaired) electrons. The van der Waals surface area contributed by atoms with E-state index in [-0.39, 0.29) is 5.69 Å². The summed E-state index contributed by atoms with van der Waals surface area (Å²) in [5.74, 6) is 0.0925. The number of hydrogen-bond acceptors (Lipinski definition) is 6. The lowest BCUT2D eigenvalue weighted by atomic mass is 10.1. The first-order valence-corrected chi connectivity index (χ1v) is 6.79. The Morgan fingerprint density at radius 3 is 3.05 bits per heavy atom. The van der Waals surface area contributed by atoms with Crippen molar-refractivity contribution in [1.82, 2.24) is 14.8 Å². The van der Waals surface area contributed by atoms with Crippen molar-refractivity contribution in [2.24, 2.45) is 0 Å². The van der Waals surface area contributed by atoms with Crippen LogP contribution in [0.1, 0.15) is 21.6 Å². The average molecular weight is 304 g/mol. The van der Waals surface area contributed by atoms with E-state index in [0.717, 1.165) is 5.56 Å². The van der Waals surface area contributed by atoms with Gasteiger partial charge in [-0.3, -0.25) is 0 Å². The molecule has 0 atom stereocenters. The Hall–Kier alpha value is -2.61. The molecule has 0 unspecified atom stereocenters. The van der Waals surface area contributed by atoms with Crippen LogP contribution in [0.4, 0.5) is 5.82 Å². The van der Waals surface area contributed by atoms with E-state index < -0.39 is 5.97 Å². The summed E-state index contributed by atoms with van der Waals surface area (Å²) in [4.78, 5) is 15.6. The van der Waals surface area contributed by atoms with Crippen molar-refractivity contribution in [2.75, 3.05) is 25.8 Å². The molecule has 8 nitrogen and oxygen atoms in total. The molecule has 0 bridgehead atoms. The minimum atomic E-state index is -1.06. The van der Waals surface area contributed by atoms with Crippen molar-refractivity contribution < 1.29 is 19.4 Å². The van der Waals surface area contributed by atoms with Gasteiger partial charge < -0.3 is 19.9 Å². The fraction of sp³-hybridized carbons (Fsp3) is 0.357. The highest BCUT2D eigenvalue weighted by Gasteiger charge is 2.25. The van der Waals surface area contributed by atoms with Gasteiger partial charge in [-0.15, -0.1) is 0 Å². The van der Waals surface area contributed by atoms with Gasteiger partial charge >= 0.3 is 5.97 Å². The summed E-state index contributed by atoms with van der Waals surface area (Å²) in [5, 5.41) is 16.6. The van der Waals surface area contributed by atoms with Crippen LogP contribution in [-0.2, 0) is 11.2 Å². The molecule has 3 rings (SSSR count). The molecule has 0 spiro atoms. The summed E-state index contributed by atoms with van der Waals surface area (Å²) in [6, 6.07) is 1.85. The second-order valence-electron chi connectivity index (χ2n) is 4.89. The third-order valence-electron chi connectivity index (χ3n) is 3.48. The van der Waals surface area contributed by atoms with E-state index in [4.69, 9.17) is 9.47 Å². The first-order valence-electron chi connectivity index (χ1n) is 6.79. The van der Waals surface area contributed by atoms with Crippen LogP contribution in [0, 0.1) is 6.92 Å². The molecule has 116 valence electrons. The fourth-order valence-corrected chi connectivity index (χ4v) is 2.47. The Labute approximate surface area is 126 Å². The summed E-state index contributed by atoms with van der Waals surface area (Å²) >= 11 is 0. The molecule has 0 fully saturated rings. The minimum Gasteiger partial charge on any atom is -0.481 e. The SMILES string of the molecule is COc1ncc(-n2nc(C(=O)O)c3c2NCOCC3)cc1C. The van der Waals surface area contributed by atoms with Gasteiger partial charge in [0, 0.05) is 17.5 Å². The third kappa shape index (κ3) is 2.37. The average Bonchev–Trinajstić information content (AvgIpc) is 2.69. The molecule has 22 heavy (non-hydrogen) atoms. The number of anilines is 1. The normalized spacial score (nSPS) is 13.9. The number of fused-ring (bicyclic) bond motifs is 1. The molecule has 3 heterocycles. The van der Waals surface area contributed by atoms with E-state index in [0.29, 0.717) is 42.7 Å². The van der Waals surface area contributed by atoms with Gasteiger partial charge in [-0.05, 0) is 13.0 Å². The Morgan fingerprint density at radius 1 is 1.55 bits per heavy atom. The first kappa shape index (κ1) is 14.3. The summed E-state index contributed by atoms with van der Waals surface area (Å²) < 4.78 is 12.0. The number of carboxylic acids is 1. The predicted octanol–water partition coefficient (Wildman–Crippen LogP) is 1.22. The van der Waals surface area contributed by atoms with E-state index in [1.165, 1.54) is 0 Å². The van der Waals surface area contributed by atoms with Gasteiger partial charge in [0.2, 0.25) is 5.88 Å². The second-order valence-corrected chi connectivity index (χ2v) is 4.89. The van der Waals surface area contributed by atoms with Gasteiger partial charge in [-0.2, -0.15) is 5.10 Å². The van der Waals surface area contributed by atoms with Crippen LogP contribution in [0.25, 0.3) is 5.69 Å². The van der Waals surface area contributed by atoms with Crippen LogP contribution in [0.3, 0.4) is 0 Å². The van der Waals surface area contributed by atoms with Gasteiger partial charge in [0.25, 0.3) is 0 Å². The van der Waals surface area contributed by atoms with Gasteiger partial charge in [0.15, 0.2) is 5.69 Å². The highest BCUT2D eigenvalue weighted by molar-refractivity contribution is 5.89. The largest absolute Gasteiger partial charge is 0.481 e. The number of aryl methyl sites for hydroxylation is 1. The lowest BCUT2D eigenvalue weighted by Crippen LogP contribution is -2.10. The molecular weight excluding hydrogens is 288 g/mol. The minimum absolute atomic E-state index is 0.0291. The quantitative estimate of drug-likeness (QED) is 0.879. The summed E-state index contributed by atoms with van der Waals surface area (Å²) in [6.07, 6.45) is 2.09. The van der Waals surface area contributed by atoms with Crippen LogP contribution < -0.4 is 10.1 Å². The molecular formula is C14H16N4O4. The van der Waals surface area contributed by atoms with E-state index in [2.05, 4.69) is 15.4 Å². The Balaban J connectivity index is 2.14. The smallest absolute Gasteiger partial charge is 0.356 e. The molecule has 2 aromatic heterocycles. The van der Waals surface area contributed by atoms with Gasteiger partial charge in [0.1, 0.15) is 12.5 Å². The number of ether oxygens (including phenoxy) is 2. The number of nitrogens with one attached hydrogen (secondary N) is 1.